The Bertz CT molecular complexity index is 1340. The van der Waals surface area contributed by atoms with Crippen LogP contribution in [0.25, 0.3) is 12.2 Å². The van der Waals surface area contributed by atoms with Gasteiger partial charge in [-0.25, -0.2) is 0 Å². The number of H-pyrrole nitrogens is 2. The number of aromatic amines is 2. The van der Waals surface area contributed by atoms with Gasteiger partial charge in [0.05, 0.1) is 6.61 Å². The Hall–Kier alpha value is -3.91. The standard InChI is InChI=1S/C25H28N4O4/c1-17(30)26-20-7-4-6-19(14-20)16-23-25(32)27-22(24(31)28-23)15-18-8-10-21(11-9-18)33-13-5-12-29(2)3/h4,6-11,14-16H,5,12-13H2,1-3H3,(H,26,30)(H,27,32)(H,28,31)/b22-15-,23-16-. The summed E-state index contributed by atoms with van der Waals surface area (Å²) in [5.74, 6) is 0.557. The zero-order chi connectivity index (χ0) is 23.8. The van der Waals surface area contributed by atoms with Crippen molar-refractivity contribution in [1.82, 2.24) is 14.9 Å². The van der Waals surface area contributed by atoms with Crippen molar-refractivity contribution in [2.24, 2.45) is 0 Å². The van der Waals surface area contributed by atoms with Crippen LogP contribution >= 0.6 is 0 Å². The normalized spacial score (nSPS) is 12.2. The van der Waals surface area contributed by atoms with Gasteiger partial charge < -0.3 is 24.9 Å². The van der Waals surface area contributed by atoms with Crippen LogP contribution in [0.1, 0.15) is 24.5 Å². The zero-order valence-corrected chi connectivity index (χ0v) is 19.0. The molecule has 0 saturated carbocycles. The maximum Gasteiger partial charge on any atom is 0.272 e. The van der Waals surface area contributed by atoms with E-state index in [9.17, 15) is 14.4 Å². The number of hydrogen-bond acceptors (Lipinski definition) is 5. The molecule has 2 aromatic carbocycles. The number of amides is 1. The molecule has 8 heteroatoms. The first-order valence-electron chi connectivity index (χ1n) is 10.6. The molecule has 33 heavy (non-hydrogen) atoms. The van der Waals surface area contributed by atoms with E-state index in [2.05, 4.69) is 20.2 Å². The van der Waals surface area contributed by atoms with E-state index in [1.807, 2.05) is 38.4 Å². The minimum atomic E-state index is -0.424. The lowest BCUT2D eigenvalue weighted by atomic mass is 10.2. The topological polar surface area (TPSA) is 107 Å². The second-order valence-electron chi connectivity index (χ2n) is 7.91. The number of rotatable bonds is 8. The molecule has 0 spiro atoms. The van der Waals surface area contributed by atoms with Crippen molar-refractivity contribution in [2.75, 3.05) is 32.6 Å². The lowest BCUT2D eigenvalue weighted by Gasteiger charge is -2.10. The van der Waals surface area contributed by atoms with Crippen molar-refractivity contribution in [3.8, 4) is 5.75 Å². The summed E-state index contributed by atoms with van der Waals surface area (Å²) in [5.41, 5.74) is 1.19. The van der Waals surface area contributed by atoms with Gasteiger partial charge in [-0.2, -0.15) is 0 Å². The van der Waals surface area contributed by atoms with Crippen molar-refractivity contribution < 1.29 is 9.53 Å². The Morgan fingerprint density at radius 1 is 0.970 bits per heavy atom. The van der Waals surface area contributed by atoms with Crippen molar-refractivity contribution >= 4 is 23.7 Å². The van der Waals surface area contributed by atoms with Crippen molar-refractivity contribution in [2.45, 2.75) is 13.3 Å². The van der Waals surface area contributed by atoms with Gasteiger partial charge in [0.25, 0.3) is 11.1 Å². The van der Waals surface area contributed by atoms with Crippen LogP contribution in [0.3, 0.4) is 0 Å². The maximum atomic E-state index is 12.5. The molecule has 0 saturated heterocycles. The molecule has 1 aromatic heterocycles. The van der Waals surface area contributed by atoms with Crippen molar-refractivity contribution in [3.05, 3.63) is 91.1 Å². The first-order valence-corrected chi connectivity index (χ1v) is 10.6. The first-order chi connectivity index (χ1) is 15.8. The fraction of sp³-hybridized carbons (Fsp3) is 0.240. The predicted octanol–water partition coefficient (Wildman–Crippen LogP) is 1.01. The summed E-state index contributed by atoms with van der Waals surface area (Å²) >= 11 is 0. The molecule has 0 unspecified atom stereocenters. The van der Waals surface area contributed by atoms with Gasteiger partial charge in [0, 0.05) is 19.2 Å². The van der Waals surface area contributed by atoms with E-state index in [1.165, 1.54) is 6.92 Å². The highest BCUT2D eigenvalue weighted by molar-refractivity contribution is 5.88. The fourth-order valence-corrected chi connectivity index (χ4v) is 3.17. The summed E-state index contributed by atoms with van der Waals surface area (Å²) < 4.78 is 5.71. The van der Waals surface area contributed by atoms with Gasteiger partial charge in [-0.1, -0.05) is 24.3 Å². The van der Waals surface area contributed by atoms with Crippen LogP contribution in [0.2, 0.25) is 0 Å². The van der Waals surface area contributed by atoms with E-state index in [-0.39, 0.29) is 16.6 Å². The van der Waals surface area contributed by atoms with Gasteiger partial charge in [-0.15, -0.1) is 0 Å². The van der Waals surface area contributed by atoms with Gasteiger partial charge >= 0.3 is 0 Å². The predicted molar refractivity (Wildman–Crippen MR) is 130 cm³/mol. The molecule has 3 rings (SSSR count). The van der Waals surface area contributed by atoms with E-state index in [1.54, 1.807) is 36.4 Å². The number of ether oxygens (including phenoxy) is 1. The third kappa shape index (κ3) is 7.33. The van der Waals surface area contributed by atoms with Crippen LogP contribution in [0.5, 0.6) is 5.75 Å². The number of carbonyl (C=O) groups is 1. The van der Waals surface area contributed by atoms with Crippen LogP contribution in [-0.2, 0) is 4.79 Å². The molecule has 0 aliphatic carbocycles. The summed E-state index contributed by atoms with van der Waals surface area (Å²) in [6, 6.07) is 14.3. The summed E-state index contributed by atoms with van der Waals surface area (Å²) in [6.07, 6.45) is 4.09. The van der Waals surface area contributed by atoms with Crippen molar-refractivity contribution in [1.29, 1.82) is 0 Å². The third-order valence-electron chi connectivity index (χ3n) is 4.71. The number of aromatic nitrogens is 2. The smallest absolute Gasteiger partial charge is 0.272 e. The molecule has 1 amide bonds. The minimum Gasteiger partial charge on any atom is -0.494 e. The molecular weight excluding hydrogens is 420 g/mol. The average molecular weight is 449 g/mol. The van der Waals surface area contributed by atoms with E-state index in [4.69, 9.17) is 4.74 Å². The molecule has 172 valence electrons. The maximum absolute atomic E-state index is 12.5. The Kier molecular flexibility index (Phi) is 7.99. The number of nitrogens with zero attached hydrogens (tertiary/aromatic N) is 1. The summed E-state index contributed by atoms with van der Waals surface area (Å²) in [5, 5.41) is 2.96. The molecule has 0 atom stereocenters. The third-order valence-corrected chi connectivity index (χ3v) is 4.71. The summed E-state index contributed by atoms with van der Waals surface area (Å²) in [6.45, 7) is 3.00. The van der Waals surface area contributed by atoms with Crippen LogP contribution < -0.4 is 31.9 Å². The second kappa shape index (κ2) is 11.1. The molecule has 0 aliphatic heterocycles. The zero-order valence-electron chi connectivity index (χ0n) is 19.0. The Morgan fingerprint density at radius 3 is 2.21 bits per heavy atom. The first kappa shape index (κ1) is 23.7. The quantitative estimate of drug-likeness (QED) is 0.446. The lowest BCUT2D eigenvalue weighted by molar-refractivity contribution is -0.114. The average Bonchev–Trinajstić information content (AvgIpc) is 2.75. The van der Waals surface area contributed by atoms with Crippen molar-refractivity contribution in [3.63, 3.8) is 0 Å². The van der Waals surface area contributed by atoms with E-state index < -0.39 is 11.1 Å². The van der Waals surface area contributed by atoms with Gasteiger partial charge in [0.15, 0.2) is 0 Å². The molecule has 0 bridgehead atoms. The number of carbonyl (C=O) groups excluding carboxylic acids is 1. The van der Waals surface area contributed by atoms with Gasteiger partial charge in [-0.3, -0.25) is 14.4 Å². The lowest BCUT2D eigenvalue weighted by Crippen LogP contribution is -2.46. The van der Waals surface area contributed by atoms with E-state index in [0.29, 0.717) is 17.9 Å². The summed E-state index contributed by atoms with van der Waals surface area (Å²) in [4.78, 5) is 43.7. The van der Waals surface area contributed by atoms with Crippen LogP contribution in [0.4, 0.5) is 5.69 Å². The Balaban J connectivity index is 1.80. The fourth-order valence-electron chi connectivity index (χ4n) is 3.17. The second-order valence-corrected chi connectivity index (χ2v) is 7.91. The highest BCUT2D eigenvalue weighted by Gasteiger charge is 2.00. The molecule has 3 aromatic rings. The molecule has 3 N–H and O–H groups in total. The van der Waals surface area contributed by atoms with Crippen LogP contribution in [0, 0.1) is 0 Å². The van der Waals surface area contributed by atoms with Crippen LogP contribution in [0.15, 0.2) is 58.1 Å². The molecule has 0 radical (unpaired) electrons. The largest absolute Gasteiger partial charge is 0.494 e. The molecule has 1 heterocycles. The number of hydrogen-bond donors (Lipinski definition) is 3. The number of anilines is 1. The Morgan fingerprint density at radius 2 is 1.61 bits per heavy atom. The highest BCUT2D eigenvalue weighted by atomic mass is 16.5. The van der Waals surface area contributed by atoms with Crippen LogP contribution in [-0.4, -0.2) is 48.0 Å². The molecule has 0 aliphatic rings. The molecular formula is C25H28N4O4. The number of benzene rings is 2. The Labute approximate surface area is 191 Å². The van der Waals surface area contributed by atoms with E-state index >= 15 is 0 Å². The molecule has 0 fully saturated rings. The summed E-state index contributed by atoms with van der Waals surface area (Å²) in [7, 11) is 4.04. The SMILES string of the molecule is CC(=O)Nc1cccc(/C=c2\[nH]c(=O)/c(=C/c3ccc(OCCCN(C)C)cc3)[nH]c2=O)c1. The van der Waals surface area contributed by atoms with Gasteiger partial charge in [0.1, 0.15) is 16.4 Å². The van der Waals surface area contributed by atoms with E-state index in [0.717, 1.165) is 24.3 Å². The number of nitrogens with one attached hydrogen (secondary N) is 3. The minimum absolute atomic E-state index is 0.124. The van der Waals surface area contributed by atoms with Gasteiger partial charge in [0.2, 0.25) is 5.91 Å². The van der Waals surface area contributed by atoms with Gasteiger partial charge in [-0.05, 0) is 68.1 Å². The monoisotopic (exact) mass is 448 g/mol. The molecule has 8 nitrogen and oxygen atoms in total. The highest BCUT2D eigenvalue weighted by Crippen LogP contribution is 2.13.